The summed E-state index contributed by atoms with van der Waals surface area (Å²) < 4.78 is 5.14. The van der Waals surface area contributed by atoms with E-state index in [2.05, 4.69) is 17.2 Å². The summed E-state index contributed by atoms with van der Waals surface area (Å²) in [5.74, 6) is 0. The Morgan fingerprint density at radius 3 is 2.84 bits per heavy atom. The van der Waals surface area contributed by atoms with Crippen LogP contribution >= 0.6 is 0 Å². The van der Waals surface area contributed by atoms with Gasteiger partial charge in [-0.15, -0.1) is 0 Å². The van der Waals surface area contributed by atoms with Gasteiger partial charge in [0.1, 0.15) is 5.69 Å². The Labute approximate surface area is 113 Å². The van der Waals surface area contributed by atoms with Crippen LogP contribution in [0.15, 0.2) is 12.1 Å². The Morgan fingerprint density at radius 2 is 2.26 bits per heavy atom. The van der Waals surface area contributed by atoms with Gasteiger partial charge in [-0.05, 0) is 26.0 Å². The van der Waals surface area contributed by atoms with Crippen LogP contribution in [0, 0.1) is 17.0 Å². The number of hydrogen-bond donors (Lipinski definition) is 1. The Balaban J connectivity index is 2.87. The van der Waals surface area contributed by atoms with Crippen LogP contribution < -0.4 is 5.32 Å². The summed E-state index contributed by atoms with van der Waals surface area (Å²) in [6.45, 7) is 5.27. The summed E-state index contributed by atoms with van der Waals surface area (Å²) in [6, 6.07) is 3.21. The second kappa shape index (κ2) is 7.81. The number of pyridine rings is 1. The Kier molecular flexibility index (Phi) is 6.38. The fraction of sp³-hybridized carbons (Fsp3) is 0.615. The predicted molar refractivity (Wildman–Crippen MR) is 73.3 cm³/mol. The van der Waals surface area contributed by atoms with E-state index < -0.39 is 0 Å². The van der Waals surface area contributed by atoms with Gasteiger partial charge >= 0.3 is 0 Å². The number of hydrogen-bond acceptors (Lipinski definition) is 5. The van der Waals surface area contributed by atoms with Crippen LogP contribution in [0.4, 0.5) is 5.69 Å². The first-order chi connectivity index (χ1) is 9.08. The third-order valence-corrected chi connectivity index (χ3v) is 2.78. The second-order valence-electron chi connectivity index (χ2n) is 4.49. The van der Waals surface area contributed by atoms with Crippen molar-refractivity contribution in [3.63, 3.8) is 0 Å². The molecule has 0 fully saturated rings. The number of nitro groups is 1. The topological polar surface area (TPSA) is 77.3 Å². The maximum Gasteiger partial charge on any atom is 0.290 e. The molecule has 1 N–H and O–H groups in total. The van der Waals surface area contributed by atoms with Crippen LogP contribution in [0.25, 0.3) is 0 Å². The monoisotopic (exact) mass is 267 g/mol. The van der Waals surface area contributed by atoms with Gasteiger partial charge < -0.3 is 10.1 Å². The summed E-state index contributed by atoms with van der Waals surface area (Å²) in [4.78, 5) is 14.9. The molecule has 0 bridgehead atoms. The molecule has 106 valence electrons. The van der Waals surface area contributed by atoms with Crippen molar-refractivity contribution in [3.8, 4) is 0 Å². The highest BCUT2D eigenvalue weighted by molar-refractivity contribution is 5.36. The minimum atomic E-state index is -0.383. The van der Waals surface area contributed by atoms with Crippen molar-refractivity contribution in [3.05, 3.63) is 33.6 Å². The Hall–Kier alpha value is -1.53. The zero-order valence-electron chi connectivity index (χ0n) is 11.7. The average molecular weight is 267 g/mol. The molecule has 0 radical (unpaired) electrons. The lowest BCUT2D eigenvalue weighted by Gasteiger charge is -2.17. The van der Waals surface area contributed by atoms with Crippen molar-refractivity contribution in [2.24, 2.45) is 0 Å². The molecule has 0 saturated carbocycles. The molecule has 1 aromatic heterocycles. The van der Waals surface area contributed by atoms with Crippen molar-refractivity contribution >= 4 is 5.69 Å². The number of nitrogens with one attached hydrogen (secondary N) is 1. The number of aromatic nitrogens is 1. The molecule has 0 aliphatic rings. The van der Waals surface area contributed by atoms with Crippen molar-refractivity contribution in [2.45, 2.75) is 32.7 Å². The van der Waals surface area contributed by atoms with E-state index in [-0.39, 0.29) is 16.7 Å². The summed E-state index contributed by atoms with van der Waals surface area (Å²) in [7, 11) is 1.62. The molecule has 1 atom stereocenters. The molecule has 0 spiro atoms. The van der Waals surface area contributed by atoms with E-state index in [0.717, 1.165) is 18.7 Å². The predicted octanol–water partition coefficient (Wildman–Crippen LogP) is 1.86. The highest BCUT2D eigenvalue weighted by Crippen LogP contribution is 2.18. The van der Waals surface area contributed by atoms with Crippen molar-refractivity contribution in [2.75, 3.05) is 20.3 Å². The van der Waals surface area contributed by atoms with Gasteiger partial charge in [-0.25, -0.2) is 0 Å². The maximum atomic E-state index is 11.0. The molecule has 19 heavy (non-hydrogen) atoms. The van der Waals surface area contributed by atoms with Gasteiger partial charge in [-0.3, -0.25) is 15.1 Å². The lowest BCUT2D eigenvalue weighted by atomic mass is 10.1. The quantitative estimate of drug-likeness (QED) is 0.574. The van der Waals surface area contributed by atoms with Crippen LogP contribution in [0.3, 0.4) is 0 Å². The first-order valence-electron chi connectivity index (χ1n) is 6.41. The molecule has 0 aliphatic carbocycles. The Morgan fingerprint density at radius 1 is 1.53 bits per heavy atom. The van der Waals surface area contributed by atoms with E-state index in [4.69, 9.17) is 4.74 Å². The normalized spacial score (nSPS) is 12.4. The zero-order valence-corrected chi connectivity index (χ0v) is 11.7. The maximum absolute atomic E-state index is 11.0. The number of rotatable bonds is 8. The summed E-state index contributed by atoms with van der Waals surface area (Å²) in [6.07, 6.45) is 1.50. The van der Waals surface area contributed by atoms with E-state index in [1.807, 2.05) is 6.92 Å². The number of aryl methyl sites for hydroxylation is 1. The van der Waals surface area contributed by atoms with Gasteiger partial charge in [0.25, 0.3) is 5.69 Å². The molecule has 1 aromatic rings. The molecule has 0 amide bonds. The molecule has 0 saturated heterocycles. The van der Waals surface area contributed by atoms with Crippen LogP contribution in [-0.2, 0) is 11.2 Å². The number of methoxy groups -OCH3 is 1. The SMILES string of the molecule is CCCNC(COC)Cc1nc(C)ccc1[N+](=O)[O-]. The van der Waals surface area contributed by atoms with Crippen molar-refractivity contribution in [1.82, 2.24) is 10.3 Å². The highest BCUT2D eigenvalue weighted by Gasteiger charge is 2.19. The first-order valence-corrected chi connectivity index (χ1v) is 6.41. The van der Waals surface area contributed by atoms with Gasteiger partial charge in [0.15, 0.2) is 0 Å². The van der Waals surface area contributed by atoms with Gasteiger partial charge in [0.2, 0.25) is 0 Å². The molecule has 0 aromatic carbocycles. The minimum absolute atomic E-state index is 0.0398. The van der Waals surface area contributed by atoms with Crippen LogP contribution in [0.5, 0.6) is 0 Å². The highest BCUT2D eigenvalue weighted by atomic mass is 16.6. The van der Waals surface area contributed by atoms with Gasteiger partial charge in [-0.2, -0.15) is 0 Å². The van der Waals surface area contributed by atoms with E-state index in [9.17, 15) is 10.1 Å². The Bertz CT molecular complexity index is 424. The largest absolute Gasteiger partial charge is 0.383 e. The standard InChI is InChI=1S/C13H21N3O3/c1-4-7-14-11(9-19-3)8-12-13(16(17)18)6-5-10(2)15-12/h5-6,11,14H,4,7-9H2,1-3H3. The number of ether oxygens (including phenoxy) is 1. The van der Waals surface area contributed by atoms with Gasteiger partial charge in [-0.1, -0.05) is 6.92 Å². The second-order valence-corrected chi connectivity index (χ2v) is 4.49. The average Bonchev–Trinajstić information content (AvgIpc) is 2.36. The molecule has 1 unspecified atom stereocenters. The molecule has 0 aliphatic heterocycles. The third kappa shape index (κ3) is 4.92. The summed E-state index contributed by atoms with van der Waals surface area (Å²) in [5, 5.41) is 14.3. The van der Waals surface area contributed by atoms with Gasteiger partial charge in [0.05, 0.1) is 11.5 Å². The van der Waals surface area contributed by atoms with Crippen molar-refractivity contribution in [1.29, 1.82) is 0 Å². The van der Waals surface area contributed by atoms with E-state index >= 15 is 0 Å². The van der Waals surface area contributed by atoms with Gasteiger partial charge in [0, 0.05) is 31.3 Å². The minimum Gasteiger partial charge on any atom is -0.383 e. The zero-order chi connectivity index (χ0) is 14.3. The molecule has 6 heteroatoms. The van der Waals surface area contributed by atoms with Crippen LogP contribution in [0.1, 0.15) is 24.7 Å². The van der Waals surface area contributed by atoms with Crippen LogP contribution in [0.2, 0.25) is 0 Å². The molecular weight excluding hydrogens is 246 g/mol. The number of nitrogens with zero attached hydrogens (tertiary/aromatic N) is 2. The summed E-state index contributed by atoms with van der Waals surface area (Å²) in [5.41, 5.74) is 1.37. The van der Waals surface area contributed by atoms with E-state index in [1.165, 1.54) is 6.07 Å². The third-order valence-electron chi connectivity index (χ3n) is 2.78. The molecular formula is C13H21N3O3. The lowest BCUT2D eigenvalue weighted by molar-refractivity contribution is -0.386. The summed E-state index contributed by atoms with van der Waals surface area (Å²) >= 11 is 0. The lowest BCUT2D eigenvalue weighted by Crippen LogP contribution is -2.36. The fourth-order valence-corrected chi connectivity index (χ4v) is 1.89. The van der Waals surface area contributed by atoms with Crippen molar-refractivity contribution < 1.29 is 9.66 Å². The van der Waals surface area contributed by atoms with Crippen LogP contribution in [-0.4, -0.2) is 36.2 Å². The fourth-order valence-electron chi connectivity index (χ4n) is 1.89. The van der Waals surface area contributed by atoms with E-state index in [0.29, 0.717) is 18.7 Å². The first kappa shape index (κ1) is 15.5. The molecule has 6 nitrogen and oxygen atoms in total. The molecule has 1 rings (SSSR count). The smallest absolute Gasteiger partial charge is 0.290 e. The molecule has 1 heterocycles. The van der Waals surface area contributed by atoms with E-state index in [1.54, 1.807) is 13.2 Å².